The zero-order chi connectivity index (χ0) is 18.1. The molecule has 3 atom stereocenters. The van der Waals surface area contributed by atoms with Crippen LogP contribution in [-0.4, -0.2) is 21.6 Å². The van der Waals surface area contributed by atoms with Crippen molar-refractivity contribution >= 4 is 0 Å². The van der Waals surface area contributed by atoms with Crippen molar-refractivity contribution in [2.24, 2.45) is 11.8 Å². The van der Waals surface area contributed by atoms with E-state index in [0.29, 0.717) is 23.7 Å². The number of hydrogen-bond acceptors (Lipinski definition) is 4. The Kier molecular flexibility index (Phi) is 4.92. The maximum absolute atomic E-state index is 6.26. The first-order valence-corrected chi connectivity index (χ1v) is 10.0. The molecular weight excluding hydrogens is 322 g/mol. The number of nitrogens with zero attached hydrogens (tertiary/aromatic N) is 3. The number of ether oxygens (including phenoxy) is 1. The molecule has 26 heavy (non-hydrogen) atoms. The molecule has 138 valence electrons. The monoisotopic (exact) mass is 351 g/mol. The normalized spacial score (nSPS) is 25.9. The highest BCUT2D eigenvalue weighted by Gasteiger charge is 2.49. The first-order valence-electron chi connectivity index (χ1n) is 10.0. The molecule has 2 aromatic heterocycles. The van der Waals surface area contributed by atoms with E-state index in [9.17, 15) is 0 Å². The van der Waals surface area contributed by atoms with Crippen molar-refractivity contribution in [3.8, 4) is 5.88 Å². The molecule has 0 spiro atoms. The van der Waals surface area contributed by atoms with Crippen LogP contribution in [0, 0.1) is 25.7 Å². The number of aryl methyl sites for hydroxylation is 2. The summed E-state index contributed by atoms with van der Waals surface area (Å²) in [6.07, 6.45) is 10.4. The van der Waals surface area contributed by atoms with Crippen LogP contribution in [0.25, 0.3) is 0 Å². The zero-order valence-electron chi connectivity index (χ0n) is 16.1. The molecule has 0 radical (unpaired) electrons. The van der Waals surface area contributed by atoms with E-state index in [4.69, 9.17) is 4.74 Å². The summed E-state index contributed by atoms with van der Waals surface area (Å²) in [4.78, 5) is 13.7. The smallest absolute Gasteiger partial charge is 0.220 e. The molecule has 4 nitrogen and oxygen atoms in total. The van der Waals surface area contributed by atoms with Gasteiger partial charge in [-0.1, -0.05) is 32.3 Å². The maximum Gasteiger partial charge on any atom is 0.220 e. The quantitative estimate of drug-likeness (QED) is 0.763. The molecule has 2 aliphatic carbocycles. The third-order valence-electron chi connectivity index (χ3n) is 6.20. The number of aromatic nitrogens is 3. The molecule has 2 saturated carbocycles. The van der Waals surface area contributed by atoms with Crippen LogP contribution in [0.2, 0.25) is 0 Å². The van der Waals surface area contributed by atoms with Gasteiger partial charge in [-0.05, 0) is 50.2 Å². The Morgan fingerprint density at radius 3 is 2.58 bits per heavy atom. The average Bonchev–Trinajstić information content (AvgIpc) is 3.31. The van der Waals surface area contributed by atoms with Gasteiger partial charge >= 0.3 is 0 Å². The summed E-state index contributed by atoms with van der Waals surface area (Å²) < 4.78 is 6.26. The van der Waals surface area contributed by atoms with Crippen LogP contribution >= 0.6 is 0 Å². The van der Waals surface area contributed by atoms with Gasteiger partial charge < -0.3 is 4.74 Å². The second kappa shape index (κ2) is 7.34. The predicted octanol–water partition coefficient (Wildman–Crippen LogP) is 4.96. The summed E-state index contributed by atoms with van der Waals surface area (Å²) in [5, 5.41) is 0. The Bertz CT molecular complexity index is 752. The fourth-order valence-corrected chi connectivity index (χ4v) is 4.41. The van der Waals surface area contributed by atoms with Crippen molar-refractivity contribution in [1.82, 2.24) is 15.0 Å². The molecule has 0 aromatic carbocycles. The lowest BCUT2D eigenvalue weighted by Crippen LogP contribution is -2.12. The minimum atomic E-state index is 0.511. The van der Waals surface area contributed by atoms with Crippen molar-refractivity contribution in [2.75, 3.05) is 6.61 Å². The van der Waals surface area contributed by atoms with Gasteiger partial charge in [-0.3, -0.25) is 4.98 Å². The van der Waals surface area contributed by atoms with Crippen LogP contribution in [0.4, 0.5) is 0 Å². The highest BCUT2D eigenvalue weighted by molar-refractivity contribution is 5.29. The second-order valence-corrected chi connectivity index (χ2v) is 8.13. The number of hydrogen-bond donors (Lipinski definition) is 0. The zero-order valence-corrected chi connectivity index (χ0v) is 16.1. The van der Waals surface area contributed by atoms with Crippen LogP contribution in [-0.2, 0) is 0 Å². The third kappa shape index (κ3) is 3.60. The molecule has 2 fully saturated rings. The van der Waals surface area contributed by atoms with Crippen molar-refractivity contribution in [2.45, 2.75) is 64.7 Å². The summed E-state index contributed by atoms with van der Waals surface area (Å²) in [6, 6.07) is 4.32. The average molecular weight is 351 g/mol. The van der Waals surface area contributed by atoms with E-state index in [1.807, 2.05) is 19.3 Å². The minimum absolute atomic E-state index is 0.511. The number of rotatable bonds is 5. The van der Waals surface area contributed by atoms with Gasteiger partial charge in [0.25, 0.3) is 0 Å². The van der Waals surface area contributed by atoms with Gasteiger partial charge in [-0.15, -0.1) is 0 Å². The first-order chi connectivity index (χ1) is 12.6. The highest BCUT2D eigenvalue weighted by atomic mass is 16.5. The van der Waals surface area contributed by atoms with Crippen molar-refractivity contribution < 1.29 is 4.74 Å². The van der Waals surface area contributed by atoms with E-state index in [1.54, 1.807) is 0 Å². The SMILES string of the molecule is Cc1ccc(C2C(C)C2COc2nc(C)ncc2C2CCCCC2)nc1. The van der Waals surface area contributed by atoms with E-state index < -0.39 is 0 Å². The molecule has 3 unspecified atom stereocenters. The topological polar surface area (TPSA) is 47.9 Å². The fraction of sp³-hybridized carbons (Fsp3) is 0.591. The Morgan fingerprint density at radius 1 is 1.04 bits per heavy atom. The molecule has 4 heteroatoms. The molecular formula is C22H29N3O. The largest absolute Gasteiger partial charge is 0.477 e. The standard InChI is InChI=1S/C22H29N3O/c1-14-9-10-20(24-11-14)21-15(2)19(21)13-26-22-18(12-23-16(3)25-22)17-7-5-4-6-8-17/h9-12,15,17,19,21H,4-8,13H2,1-3H3. The van der Waals surface area contributed by atoms with E-state index in [-0.39, 0.29) is 0 Å². The van der Waals surface area contributed by atoms with Crippen LogP contribution in [0.1, 0.15) is 73.5 Å². The Hall–Kier alpha value is -1.97. The van der Waals surface area contributed by atoms with Crippen molar-refractivity contribution in [3.05, 3.63) is 47.2 Å². The molecule has 0 saturated heterocycles. The van der Waals surface area contributed by atoms with Gasteiger partial charge in [0.1, 0.15) is 5.82 Å². The molecule has 4 rings (SSSR count). The molecule has 2 aromatic rings. The first kappa shape index (κ1) is 17.4. The lowest BCUT2D eigenvalue weighted by atomic mass is 9.85. The van der Waals surface area contributed by atoms with Gasteiger partial charge in [0.15, 0.2) is 0 Å². The van der Waals surface area contributed by atoms with E-state index >= 15 is 0 Å². The summed E-state index contributed by atoms with van der Waals surface area (Å²) >= 11 is 0. The van der Waals surface area contributed by atoms with Crippen LogP contribution in [0.5, 0.6) is 5.88 Å². The Morgan fingerprint density at radius 2 is 1.85 bits per heavy atom. The summed E-state index contributed by atoms with van der Waals surface area (Å²) in [7, 11) is 0. The van der Waals surface area contributed by atoms with Crippen LogP contribution in [0.3, 0.4) is 0 Å². The van der Waals surface area contributed by atoms with Crippen molar-refractivity contribution in [1.29, 1.82) is 0 Å². The van der Waals surface area contributed by atoms with Crippen LogP contribution in [0.15, 0.2) is 24.5 Å². The van der Waals surface area contributed by atoms with E-state index in [2.05, 4.69) is 40.9 Å². The Balaban J connectivity index is 1.44. The van der Waals surface area contributed by atoms with Crippen LogP contribution < -0.4 is 4.74 Å². The summed E-state index contributed by atoms with van der Waals surface area (Å²) in [5.74, 6) is 3.83. The van der Waals surface area contributed by atoms with E-state index in [1.165, 1.54) is 48.9 Å². The third-order valence-corrected chi connectivity index (χ3v) is 6.20. The summed E-state index contributed by atoms with van der Waals surface area (Å²) in [5.41, 5.74) is 3.63. The second-order valence-electron chi connectivity index (χ2n) is 8.13. The minimum Gasteiger partial charge on any atom is -0.477 e. The highest BCUT2D eigenvalue weighted by Crippen LogP contribution is 2.53. The fourth-order valence-electron chi connectivity index (χ4n) is 4.41. The molecule has 0 aliphatic heterocycles. The molecule has 0 N–H and O–H groups in total. The maximum atomic E-state index is 6.26. The van der Waals surface area contributed by atoms with Crippen molar-refractivity contribution in [3.63, 3.8) is 0 Å². The molecule has 2 aliphatic rings. The van der Waals surface area contributed by atoms with Gasteiger partial charge in [0.05, 0.1) is 6.61 Å². The van der Waals surface area contributed by atoms with Gasteiger partial charge in [-0.2, -0.15) is 4.98 Å². The molecule has 0 amide bonds. The number of pyridine rings is 1. The van der Waals surface area contributed by atoms with E-state index in [0.717, 1.165) is 18.3 Å². The lowest BCUT2D eigenvalue weighted by Gasteiger charge is -2.23. The van der Waals surface area contributed by atoms with Gasteiger partial charge in [0, 0.05) is 35.5 Å². The van der Waals surface area contributed by atoms with Gasteiger partial charge in [0.2, 0.25) is 5.88 Å². The summed E-state index contributed by atoms with van der Waals surface area (Å²) in [6.45, 7) is 7.04. The lowest BCUT2D eigenvalue weighted by molar-refractivity contribution is 0.271. The van der Waals surface area contributed by atoms with Gasteiger partial charge in [-0.25, -0.2) is 4.98 Å². The Labute approximate surface area is 156 Å². The molecule has 2 heterocycles. The predicted molar refractivity (Wildman–Crippen MR) is 102 cm³/mol. The molecule has 0 bridgehead atoms.